The summed E-state index contributed by atoms with van der Waals surface area (Å²) in [5.74, 6) is 0. The van der Waals surface area contributed by atoms with Gasteiger partial charge in [0.2, 0.25) is 0 Å². The fourth-order valence-corrected chi connectivity index (χ4v) is 1.98. The van der Waals surface area contributed by atoms with Gasteiger partial charge in [-0.05, 0) is 19.4 Å². The lowest BCUT2D eigenvalue weighted by molar-refractivity contribution is 0.152. The highest BCUT2D eigenvalue weighted by Gasteiger charge is 2.10. The summed E-state index contributed by atoms with van der Waals surface area (Å²) in [5, 5.41) is 10.1. The Labute approximate surface area is 112 Å². The third kappa shape index (κ3) is 3.29. The molecule has 0 unspecified atom stereocenters. The van der Waals surface area contributed by atoms with Gasteiger partial charge in [0.05, 0.1) is 19.0 Å². The summed E-state index contributed by atoms with van der Waals surface area (Å²) >= 11 is 0. The van der Waals surface area contributed by atoms with Gasteiger partial charge in [0.25, 0.3) is 5.56 Å². The Morgan fingerprint density at radius 3 is 2.63 bits per heavy atom. The summed E-state index contributed by atoms with van der Waals surface area (Å²) in [6.45, 7) is 3.83. The van der Waals surface area contributed by atoms with Crippen molar-refractivity contribution in [2.75, 3.05) is 0 Å². The maximum absolute atomic E-state index is 12.0. The molecule has 0 saturated carbocycles. The molecule has 2 aromatic rings. The van der Waals surface area contributed by atoms with Crippen LogP contribution in [-0.2, 0) is 13.0 Å². The van der Waals surface area contributed by atoms with Gasteiger partial charge in [0, 0.05) is 17.7 Å². The van der Waals surface area contributed by atoms with Crippen LogP contribution in [0.4, 0.5) is 0 Å². The van der Waals surface area contributed by atoms with Gasteiger partial charge in [0.15, 0.2) is 0 Å². The minimum atomic E-state index is -0.594. The molecule has 0 radical (unpaired) electrons. The third-order valence-electron chi connectivity index (χ3n) is 3.24. The van der Waals surface area contributed by atoms with Crippen LogP contribution in [0.2, 0.25) is 0 Å². The lowest BCUT2D eigenvalue weighted by atomic mass is 10.1. The number of aliphatic hydroxyl groups excluding tert-OH is 1. The normalized spacial score (nSPS) is 12.4. The summed E-state index contributed by atoms with van der Waals surface area (Å²) < 4.78 is 1.47. The van der Waals surface area contributed by atoms with Crippen LogP contribution in [0.15, 0.2) is 41.5 Å². The second kappa shape index (κ2) is 5.80. The number of hydrogen-bond acceptors (Lipinski definition) is 3. The van der Waals surface area contributed by atoms with E-state index in [0.29, 0.717) is 12.0 Å². The molecule has 0 fully saturated rings. The van der Waals surface area contributed by atoms with Gasteiger partial charge >= 0.3 is 0 Å². The van der Waals surface area contributed by atoms with Gasteiger partial charge in [0.1, 0.15) is 0 Å². The highest BCUT2D eigenvalue weighted by Crippen LogP contribution is 2.04. The number of nitrogens with zero attached hydrogens (tertiary/aromatic N) is 2. The van der Waals surface area contributed by atoms with E-state index in [-0.39, 0.29) is 12.1 Å². The van der Waals surface area contributed by atoms with Crippen LogP contribution in [0.25, 0.3) is 0 Å². The Balaban J connectivity index is 2.10. The number of aliphatic hydroxyl groups is 1. The van der Waals surface area contributed by atoms with Crippen LogP contribution in [0.1, 0.15) is 16.8 Å². The van der Waals surface area contributed by atoms with Gasteiger partial charge in [-0.15, -0.1) is 0 Å². The molecule has 0 aliphatic heterocycles. The van der Waals surface area contributed by atoms with E-state index in [9.17, 15) is 9.90 Å². The molecule has 1 heterocycles. The molecular weight excluding hydrogens is 240 g/mol. The van der Waals surface area contributed by atoms with E-state index >= 15 is 0 Å². The predicted octanol–water partition coefficient (Wildman–Crippen LogP) is 1.46. The lowest BCUT2D eigenvalue weighted by Gasteiger charge is -2.13. The van der Waals surface area contributed by atoms with Crippen LogP contribution < -0.4 is 5.56 Å². The van der Waals surface area contributed by atoms with Gasteiger partial charge < -0.3 is 5.11 Å². The van der Waals surface area contributed by atoms with Crippen molar-refractivity contribution in [3.63, 3.8) is 0 Å². The first-order valence-electron chi connectivity index (χ1n) is 6.32. The molecule has 1 aromatic carbocycles. The highest BCUT2D eigenvalue weighted by atomic mass is 16.3. The molecule has 0 amide bonds. The molecule has 1 aromatic heterocycles. The van der Waals surface area contributed by atoms with Crippen LogP contribution in [0.5, 0.6) is 0 Å². The van der Waals surface area contributed by atoms with E-state index in [4.69, 9.17) is 0 Å². The smallest absolute Gasteiger partial charge is 0.256 e. The molecule has 4 nitrogen and oxygen atoms in total. The van der Waals surface area contributed by atoms with Crippen molar-refractivity contribution in [2.45, 2.75) is 32.9 Å². The quantitative estimate of drug-likeness (QED) is 0.903. The molecule has 0 spiro atoms. The van der Waals surface area contributed by atoms with E-state index in [2.05, 4.69) is 4.98 Å². The molecule has 0 saturated heterocycles. The molecule has 4 heteroatoms. The summed E-state index contributed by atoms with van der Waals surface area (Å²) in [5.41, 5.74) is 2.34. The number of benzene rings is 1. The Bertz CT molecular complexity index is 605. The van der Waals surface area contributed by atoms with E-state index in [1.807, 2.05) is 37.3 Å². The average molecular weight is 258 g/mol. The second-order valence-electron chi connectivity index (χ2n) is 4.76. The Kier molecular flexibility index (Phi) is 4.12. The average Bonchev–Trinajstić information content (AvgIpc) is 2.41. The molecule has 1 N–H and O–H groups in total. The van der Waals surface area contributed by atoms with Gasteiger partial charge in [-0.2, -0.15) is 0 Å². The Morgan fingerprint density at radius 1 is 1.26 bits per heavy atom. The Hall–Kier alpha value is -1.94. The first kappa shape index (κ1) is 13.5. The van der Waals surface area contributed by atoms with Gasteiger partial charge in [-0.25, -0.2) is 4.98 Å². The number of aromatic nitrogens is 2. The van der Waals surface area contributed by atoms with Crippen molar-refractivity contribution >= 4 is 0 Å². The molecule has 1 atom stereocenters. The zero-order chi connectivity index (χ0) is 13.8. The summed E-state index contributed by atoms with van der Waals surface area (Å²) in [4.78, 5) is 16.1. The fourth-order valence-electron chi connectivity index (χ4n) is 1.98. The second-order valence-corrected chi connectivity index (χ2v) is 4.76. The van der Waals surface area contributed by atoms with Gasteiger partial charge in [-0.1, -0.05) is 30.3 Å². The largest absolute Gasteiger partial charge is 0.391 e. The maximum Gasteiger partial charge on any atom is 0.256 e. The predicted molar refractivity (Wildman–Crippen MR) is 74.1 cm³/mol. The van der Waals surface area contributed by atoms with Crippen molar-refractivity contribution in [3.05, 3.63) is 63.8 Å². The van der Waals surface area contributed by atoms with E-state index in [1.54, 1.807) is 6.92 Å². The van der Waals surface area contributed by atoms with Crippen molar-refractivity contribution < 1.29 is 5.11 Å². The van der Waals surface area contributed by atoms with E-state index in [1.165, 1.54) is 10.9 Å². The van der Waals surface area contributed by atoms with Gasteiger partial charge in [-0.3, -0.25) is 9.36 Å². The molecule has 0 aliphatic rings. The SMILES string of the molecule is Cc1ncn(C[C@H](O)Cc2ccccc2)c(=O)c1C. The molecule has 0 aliphatic carbocycles. The van der Waals surface area contributed by atoms with Crippen molar-refractivity contribution in [3.8, 4) is 0 Å². The van der Waals surface area contributed by atoms with Crippen LogP contribution >= 0.6 is 0 Å². The molecule has 100 valence electrons. The van der Waals surface area contributed by atoms with Crippen LogP contribution in [0, 0.1) is 13.8 Å². The zero-order valence-corrected chi connectivity index (χ0v) is 11.2. The van der Waals surface area contributed by atoms with Crippen molar-refractivity contribution in [1.29, 1.82) is 0 Å². The first-order chi connectivity index (χ1) is 9.08. The minimum absolute atomic E-state index is 0.0837. The van der Waals surface area contributed by atoms with E-state index < -0.39 is 6.10 Å². The topological polar surface area (TPSA) is 55.1 Å². The first-order valence-corrected chi connectivity index (χ1v) is 6.32. The summed E-state index contributed by atoms with van der Waals surface area (Å²) in [6, 6.07) is 9.74. The van der Waals surface area contributed by atoms with Crippen LogP contribution in [0.3, 0.4) is 0 Å². The minimum Gasteiger partial charge on any atom is -0.391 e. The summed E-state index contributed by atoms with van der Waals surface area (Å²) in [6.07, 6.45) is 1.43. The van der Waals surface area contributed by atoms with Crippen LogP contribution in [-0.4, -0.2) is 20.8 Å². The molecule has 0 bridgehead atoms. The lowest BCUT2D eigenvalue weighted by Crippen LogP contribution is -2.29. The monoisotopic (exact) mass is 258 g/mol. The summed E-state index contributed by atoms with van der Waals surface area (Å²) in [7, 11) is 0. The third-order valence-corrected chi connectivity index (χ3v) is 3.24. The Morgan fingerprint density at radius 2 is 1.95 bits per heavy atom. The molecular formula is C15H18N2O2. The number of aryl methyl sites for hydroxylation is 1. The van der Waals surface area contributed by atoms with Crippen molar-refractivity contribution in [2.24, 2.45) is 0 Å². The number of rotatable bonds is 4. The maximum atomic E-state index is 12.0. The fraction of sp³-hybridized carbons (Fsp3) is 0.333. The van der Waals surface area contributed by atoms with Crippen molar-refractivity contribution in [1.82, 2.24) is 9.55 Å². The van der Waals surface area contributed by atoms with E-state index in [0.717, 1.165) is 11.3 Å². The standard InChI is InChI=1S/C15H18N2O2/c1-11-12(2)16-10-17(15(11)19)9-14(18)8-13-6-4-3-5-7-13/h3-7,10,14,18H,8-9H2,1-2H3/t14-/m1/s1. The zero-order valence-electron chi connectivity index (χ0n) is 11.2. The molecule has 19 heavy (non-hydrogen) atoms. The highest BCUT2D eigenvalue weighted by molar-refractivity contribution is 5.16. The molecule has 2 rings (SSSR count). The number of hydrogen-bond donors (Lipinski definition) is 1.